The fraction of sp³-hybridized carbons (Fsp3) is 0.455. The lowest BCUT2D eigenvalue weighted by molar-refractivity contribution is 0.164. The second kappa shape index (κ2) is 4.41. The zero-order valence-electron chi connectivity index (χ0n) is 8.50. The Labute approximate surface area is 97.1 Å². The molecule has 1 aromatic carbocycles. The van der Waals surface area contributed by atoms with Crippen molar-refractivity contribution in [3.8, 4) is 11.5 Å². The first-order valence-electron chi connectivity index (χ1n) is 4.99. The Morgan fingerprint density at radius 2 is 2.27 bits per heavy atom. The number of rotatable bonds is 3. The number of ether oxygens (including phenoxy) is 2. The first kappa shape index (κ1) is 10.8. The SMILES string of the molecule is CCCC(O)c1cc(Br)c2c(c1)OCO2. The van der Waals surface area contributed by atoms with E-state index in [-0.39, 0.29) is 6.79 Å². The third-order valence-electron chi connectivity index (χ3n) is 2.40. The average molecular weight is 273 g/mol. The van der Waals surface area contributed by atoms with Crippen molar-refractivity contribution in [3.05, 3.63) is 22.2 Å². The van der Waals surface area contributed by atoms with Gasteiger partial charge in [0.25, 0.3) is 0 Å². The summed E-state index contributed by atoms with van der Waals surface area (Å²) in [5, 5.41) is 9.86. The molecule has 0 amide bonds. The third-order valence-corrected chi connectivity index (χ3v) is 2.99. The minimum absolute atomic E-state index is 0.251. The molecule has 2 rings (SSSR count). The van der Waals surface area contributed by atoms with E-state index in [2.05, 4.69) is 15.9 Å². The van der Waals surface area contributed by atoms with Gasteiger partial charge in [-0.05, 0) is 40.0 Å². The normalized spacial score (nSPS) is 15.4. The van der Waals surface area contributed by atoms with Gasteiger partial charge < -0.3 is 14.6 Å². The Bertz CT molecular complexity index is 365. The van der Waals surface area contributed by atoms with Gasteiger partial charge in [0, 0.05) is 0 Å². The molecule has 0 spiro atoms. The Kier molecular flexibility index (Phi) is 3.17. The molecule has 1 atom stereocenters. The van der Waals surface area contributed by atoms with Crippen molar-refractivity contribution in [2.24, 2.45) is 0 Å². The van der Waals surface area contributed by atoms with Gasteiger partial charge in [0.1, 0.15) is 0 Å². The van der Waals surface area contributed by atoms with Crippen LogP contribution >= 0.6 is 15.9 Å². The highest BCUT2D eigenvalue weighted by atomic mass is 79.9. The van der Waals surface area contributed by atoms with Crippen LogP contribution in [0.25, 0.3) is 0 Å². The Hall–Kier alpha value is -0.740. The molecule has 1 aliphatic rings. The first-order valence-corrected chi connectivity index (χ1v) is 5.78. The summed E-state index contributed by atoms with van der Waals surface area (Å²) in [7, 11) is 0. The monoisotopic (exact) mass is 272 g/mol. The Morgan fingerprint density at radius 1 is 1.47 bits per heavy atom. The van der Waals surface area contributed by atoms with E-state index in [9.17, 15) is 5.11 Å². The average Bonchev–Trinajstić information content (AvgIpc) is 2.66. The van der Waals surface area contributed by atoms with Gasteiger partial charge in [-0.2, -0.15) is 0 Å². The van der Waals surface area contributed by atoms with Gasteiger partial charge in [0.05, 0.1) is 10.6 Å². The molecular formula is C11H13BrO3. The number of benzene rings is 1. The summed E-state index contributed by atoms with van der Waals surface area (Å²) in [6, 6.07) is 3.72. The van der Waals surface area contributed by atoms with Crippen LogP contribution < -0.4 is 9.47 Å². The molecule has 1 N–H and O–H groups in total. The standard InChI is InChI=1S/C11H13BrO3/c1-2-3-9(13)7-4-8(12)11-10(5-7)14-6-15-11/h4-5,9,13H,2-3,6H2,1H3. The van der Waals surface area contributed by atoms with Crippen LogP contribution in [0.5, 0.6) is 11.5 Å². The quantitative estimate of drug-likeness (QED) is 0.920. The summed E-state index contributed by atoms with van der Waals surface area (Å²) >= 11 is 3.40. The highest BCUT2D eigenvalue weighted by molar-refractivity contribution is 9.10. The van der Waals surface area contributed by atoms with Crippen LogP contribution in [0.1, 0.15) is 31.4 Å². The fourth-order valence-corrected chi connectivity index (χ4v) is 2.19. The lowest BCUT2D eigenvalue weighted by atomic mass is 10.0. The first-order chi connectivity index (χ1) is 7.22. The molecule has 0 fully saturated rings. The van der Waals surface area contributed by atoms with Crippen LogP contribution in [0.2, 0.25) is 0 Å². The van der Waals surface area contributed by atoms with Crippen molar-refractivity contribution in [1.82, 2.24) is 0 Å². The van der Waals surface area contributed by atoms with E-state index in [1.165, 1.54) is 0 Å². The number of fused-ring (bicyclic) bond motifs is 1. The molecule has 0 saturated carbocycles. The van der Waals surface area contributed by atoms with Gasteiger partial charge in [0.2, 0.25) is 6.79 Å². The molecule has 0 bridgehead atoms. The Balaban J connectivity index is 2.30. The zero-order chi connectivity index (χ0) is 10.8. The molecule has 1 unspecified atom stereocenters. The van der Waals surface area contributed by atoms with Crippen LogP contribution in [0.3, 0.4) is 0 Å². The fourth-order valence-electron chi connectivity index (χ4n) is 1.62. The van der Waals surface area contributed by atoms with Crippen molar-refractivity contribution >= 4 is 15.9 Å². The zero-order valence-corrected chi connectivity index (χ0v) is 10.1. The number of hydrogen-bond donors (Lipinski definition) is 1. The topological polar surface area (TPSA) is 38.7 Å². The lowest BCUT2D eigenvalue weighted by Crippen LogP contribution is -1.96. The number of halogens is 1. The molecule has 0 saturated heterocycles. The summed E-state index contributed by atoms with van der Waals surface area (Å²) in [6.45, 7) is 2.30. The maximum atomic E-state index is 9.86. The maximum absolute atomic E-state index is 9.86. The largest absolute Gasteiger partial charge is 0.454 e. The predicted molar refractivity (Wildman–Crippen MR) is 60.1 cm³/mol. The van der Waals surface area contributed by atoms with E-state index < -0.39 is 6.10 Å². The maximum Gasteiger partial charge on any atom is 0.231 e. The van der Waals surface area contributed by atoms with Gasteiger partial charge in [-0.1, -0.05) is 13.3 Å². The van der Waals surface area contributed by atoms with Crippen molar-refractivity contribution in [1.29, 1.82) is 0 Å². The summed E-state index contributed by atoms with van der Waals surface area (Å²) in [5.74, 6) is 1.43. The van der Waals surface area contributed by atoms with Crippen molar-refractivity contribution < 1.29 is 14.6 Å². The third kappa shape index (κ3) is 2.11. The van der Waals surface area contributed by atoms with Gasteiger partial charge in [-0.15, -0.1) is 0 Å². The molecule has 15 heavy (non-hydrogen) atoms. The highest BCUT2D eigenvalue weighted by Crippen LogP contribution is 2.41. The summed E-state index contributed by atoms with van der Waals surface area (Å²) in [6.07, 6.45) is 1.28. The molecule has 0 aromatic heterocycles. The van der Waals surface area contributed by atoms with Crippen molar-refractivity contribution in [2.45, 2.75) is 25.9 Å². The van der Waals surface area contributed by atoms with Crippen LogP contribution in [0.4, 0.5) is 0 Å². The van der Waals surface area contributed by atoms with Gasteiger partial charge in [-0.25, -0.2) is 0 Å². The number of aliphatic hydroxyl groups excluding tert-OH is 1. The minimum Gasteiger partial charge on any atom is -0.454 e. The molecule has 82 valence electrons. The van der Waals surface area contributed by atoms with Crippen LogP contribution in [-0.4, -0.2) is 11.9 Å². The highest BCUT2D eigenvalue weighted by Gasteiger charge is 2.20. The second-order valence-electron chi connectivity index (χ2n) is 3.54. The summed E-state index contributed by atoms with van der Waals surface area (Å²) in [5.41, 5.74) is 0.868. The molecule has 4 heteroatoms. The van der Waals surface area contributed by atoms with E-state index in [0.29, 0.717) is 5.75 Å². The van der Waals surface area contributed by atoms with Crippen LogP contribution in [0, 0.1) is 0 Å². The molecule has 3 nitrogen and oxygen atoms in total. The molecule has 1 aliphatic heterocycles. The van der Waals surface area contributed by atoms with Crippen molar-refractivity contribution in [3.63, 3.8) is 0 Å². The lowest BCUT2D eigenvalue weighted by Gasteiger charge is -2.11. The number of aliphatic hydroxyl groups is 1. The molecular weight excluding hydrogens is 260 g/mol. The molecule has 0 aliphatic carbocycles. The van der Waals surface area contributed by atoms with Gasteiger partial charge in [0.15, 0.2) is 11.5 Å². The van der Waals surface area contributed by atoms with Crippen LogP contribution in [-0.2, 0) is 0 Å². The van der Waals surface area contributed by atoms with E-state index in [1.807, 2.05) is 19.1 Å². The van der Waals surface area contributed by atoms with Crippen LogP contribution in [0.15, 0.2) is 16.6 Å². The van der Waals surface area contributed by atoms with Gasteiger partial charge >= 0.3 is 0 Å². The summed E-state index contributed by atoms with van der Waals surface area (Å²) in [4.78, 5) is 0. The second-order valence-corrected chi connectivity index (χ2v) is 4.40. The van der Waals surface area contributed by atoms with E-state index >= 15 is 0 Å². The Morgan fingerprint density at radius 3 is 3.00 bits per heavy atom. The van der Waals surface area contributed by atoms with E-state index in [1.54, 1.807) is 0 Å². The van der Waals surface area contributed by atoms with E-state index in [0.717, 1.165) is 28.6 Å². The number of hydrogen-bond acceptors (Lipinski definition) is 3. The minimum atomic E-state index is -0.430. The predicted octanol–water partition coefficient (Wildman–Crippen LogP) is 3.01. The van der Waals surface area contributed by atoms with Crippen molar-refractivity contribution in [2.75, 3.05) is 6.79 Å². The summed E-state index contributed by atoms with van der Waals surface area (Å²) < 4.78 is 11.4. The van der Waals surface area contributed by atoms with E-state index in [4.69, 9.17) is 9.47 Å². The molecule has 1 aromatic rings. The molecule has 0 radical (unpaired) electrons. The smallest absolute Gasteiger partial charge is 0.231 e. The molecule has 1 heterocycles. The van der Waals surface area contributed by atoms with Gasteiger partial charge in [-0.3, -0.25) is 0 Å².